The van der Waals surface area contributed by atoms with E-state index >= 15 is 0 Å². The Morgan fingerprint density at radius 3 is 1.79 bits per heavy atom. The third kappa shape index (κ3) is 5.39. The van der Waals surface area contributed by atoms with Crippen molar-refractivity contribution >= 4 is 16.9 Å². The van der Waals surface area contributed by atoms with Crippen LogP contribution in [0.15, 0.2) is 84.9 Å². The van der Waals surface area contributed by atoms with Crippen LogP contribution < -0.4 is 0 Å². The zero-order valence-corrected chi connectivity index (χ0v) is 20.7. The van der Waals surface area contributed by atoms with Crippen molar-refractivity contribution in [1.29, 1.82) is 0 Å². The summed E-state index contributed by atoms with van der Waals surface area (Å²) in [6.07, 6.45) is 0. The molecule has 0 fully saturated rings. The van der Waals surface area contributed by atoms with E-state index in [-0.39, 0.29) is 18.4 Å². The van der Waals surface area contributed by atoms with Gasteiger partial charge in [-0.15, -0.1) is 0 Å². The highest BCUT2D eigenvalue weighted by atomic mass is 16.2. The van der Waals surface area contributed by atoms with Gasteiger partial charge in [0.15, 0.2) is 0 Å². The molecule has 4 aromatic rings. The molecule has 0 aliphatic carbocycles. The van der Waals surface area contributed by atoms with E-state index in [0.29, 0.717) is 11.8 Å². The number of rotatable bonds is 9. The van der Waals surface area contributed by atoms with Crippen molar-refractivity contribution in [1.82, 2.24) is 14.5 Å². The molecule has 0 saturated heterocycles. The average Bonchev–Trinajstić information content (AvgIpc) is 3.17. The summed E-state index contributed by atoms with van der Waals surface area (Å²) >= 11 is 0. The highest BCUT2D eigenvalue weighted by molar-refractivity contribution is 5.81. The number of aromatic nitrogens is 2. The molecule has 0 atom stereocenters. The fourth-order valence-electron chi connectivity index (χ4n) is 4.66. The number of nitrogens with zero attached hydrogens (tertiary/aromatic N) is 3. The first-order valence-electron chi connectivity index (χ1n) is 12.3. The predicted octanol–water partition coefficient (Wildman–Crippen LogP) is 6.36. The normalized spacial score (nSPS) is 11.6. The zero-order valence-electron chi connectivity index (χ0n) is 20.7. The van der Waals surface area contributed by atoms with Crippen molar-refractivity contribution in [3.8, 4) is 0 Å². The van der Waals surface area contributed by atoms with Crippen molar-refractivity contribution in [2.45, 2.75) is 40.2 Å². The van der Waals surface area contributed by atoms with E-state index < -0.39 is 0 Å². The molecule has 4 nitrogen and oxygen atoms in total. The summed E-state index contributed by atoms with van der Waals surface area (Å²) in [5.41, 5.74) is 4.25. The SMILES string of the molecule is CC(C)CN(CC(C)C)C(=O)Cn1c(C(c2ccccc2)c2ccccc2)nc2ccccc21. The Bertz CT molecular complexity index is 1160. The number of carbonyl (C=O) groups excluding carboxylic acids is 1. The van der Waals surface area contributed by atoms with Crippen molar-refractivity contribution in [3.05, 3.63) is 102 Å². The van der Waals surface area contributed by atoms with E-state index in [9.17, 15) is 4.79 Å². The molecule has 1 aromatic heterocycles. The van der Waals surface area contributed by atoms with Gasteiger partial charge in [0.25, 0.3) is 0 Å². The second-order valence-electron chi connectivity index (χ2n) is 9.89. The summed E-state index contributed by atoms with van der Waals surface area (Å²) in [5.74, 6) is 1.82. The number of hydrogen-bond donors (Lipinski definition) is 0. The molecule has 1 amide bonds. The maximum atomic E-state index is 13.7. The Labute approximate surface area is 203 Å². The van der Waals surface area contributed by atoms with Gasteiger partial charge in [0, 0.05) is 13.1 Å². The van der Waals surface area contributed by atoms with Crippen LogP contribution in [0.1, 0.15) is 50.6 Å². The van der Waals surface area contributed by atoms with Gasteiger partial charge in [-0.1, -0.05) is 100 Å². The van der Waals surface area contributed by atoms with Gasteiger partial charge in [0.2, 0.25) is 5.91 Å². The van der Waals surface area contributed by atoms with Crippen molar-refractivity contribution in [2.24, 2.45) is 11.8 Å². The van der Waals surface area contributed by atoms with Crippen LogP contribution in [0.25, 0.3) is 11.0 Å². The molecule has 0 spiro atoms. The lowest BCUT2D eigenvalue weighted by atomic mass is 9.90. The molecule has 0 unspecified atom stereocenters. The molecular weight excluding hydrogens is 418 g/mol. The molecule has 176 valence electrons. The Morgan fingerprint density at radius 1 is 0.765 bits per heavy atom. The third-order valence-electron chi connectivity index (χ3n) is 6.03. The molecule has 0 bridgehead atoms. The van der Waals surface area contributed by atoms with Gasteiger partial charge in [-0.3, -0.25) is 4.79 Å². The molecule has 0 aliphatic heterocycles. The second-order valence-corrected chi connectivity index (χ2v) is 9.89. The topological polar surface area (TPSA) is 38.1 Å². The van der Waals surface area contributed by atoms with E-state index in [1.807, 2.05) is 35.2 Å². The van der Waals surface area contributed by atoms with Gasteiger partial charge in [-0.25, -0.2) is 4.98 Å². The molecule has 0 radical (unpaired) electrons. The second kappa shape index (κ2) is 10.7. The van der Waals surface area contributed by atoms with Gasteiger partial charge in [0.1, 0.15) is 12.4 Å². The summed E-state index contributed by atoms with van der Waals surface area (Å²) in [4.78, 5) is 20.8. The molecule has 3 aromatic carbocycles. The number of imidazole rings is 1. The highest BCUT2D eigenvalue weighted by Crippen LogP contribution is 2.33. The minimum Gasteiger partial charge on any atom is -0.341 e. The number of hydrogen-bond acceptors (Lipinski definition) is 2. The van der Waals surface area contributed by atoms with Crippen LogP contribution in [0.4, 0.5) is 0 Å². The van der Waals surface area contributed by atoms with Crippen LogP contribution in [-0.2, 0) is 11.3 Å². The van der Waals surface area contributed by atoms with Crippen LogP contribution in [0.3, 0.4) is 0 Å². The fourth-order valence-corrected chi connectivity index (χ4v) is 4.66. The summed E-state index contributed by atoms with van der Waals surface area (Å²) in [7, 11) is 0. The van der Waals surface area contributed by atoms with Gasteiger partial charge < -0.3 is 9.47 Å². The van der Waals surface area contributed by atoms with E-state index in [2.05, 4.69) is 86.9 Å². The monoisotopic (exact) mass is 453 g/mol. The molecule has 0 N–H and O–H groups in total. The van der Waals surface area contributed by atoms with E-state index in [1.54, 1.807) is 0 Å². The first kappa shape index (κ1) is 23.7. The van der Waals surface area contributed by atoms with E-state index in [4.69, 9.17) is 4.98 Å². The zero-order chi connectivity index (χ0) is 24.1. The Balaban J connectivity index is 1.83. The summed E-state index contributed by atoms with van der Waals surface area (Å²) < 4.78 is 2.13. The van der Waals surface area contributed by atoms with Crippen LogP contribution in [0, 0.1) is 11.8 Å². The minimum atomic E-state index is -0.0637. The first-order valence-corrected chi connectivity index (χ1v) is 12.3. The summed E-state index contributed by atoms with van der Waals surface area (Å²) in [6, 6.07) is 29.1. The molecule has 4 rings (SSSR count). The lowest BCUT2D eigenvalue weighted by Crippen LogP contribution is -2.39. The third-order valence-corrected chi connectivity index (χ3v) is 6.03. The Morgan fingerprint density at radius 2 is 1.26 bits per heavy atom. The van der Waals surface area contributed by atoms with Crippen molar-refractivity contribution < 1.29 is 4.79 Å². The lowest BCUT2D eigenvalue weighted by Gasteiger charge is -2.27. The minimum absolute atomic E-state index is 0.0637. The molecular formula is C30H35N3O. The largest absolute Gasteiger partial charge is 0.341 e. The van der Waals surface area contributed by atoms with Crippen molar-refractivity contribution in [2.75, 3.05) is 13.1 Å². The quantitative estimate of drug-likeness (QED) is 0.296. The standard InChI is InChI=1S/C30H35N3O/c1-22(2)19-32(20-23(3)4)28(34)21-33-27-18-12-11-17-26(27)31-30(33)29(24-13-7-5-8-14-24)25-15-9-6-10-16-25/h5-18,22-23,29H,19-21H2,1-4H3. The van der Waals surface area contributed by atoms with Crippen molar-refractivity contribution in [3.63, 3.8) is 0 Å². The molecule has 4 heteroatoms. The average molecular weight is 454 g/mol. The van der Waals surface area contributed by atoms with Gasteiger partial charge in [-0.2, -0.15) is 0 Å². The number of amides is 1. The Hall–Kier alpha value is -3.40. The number of benzene rings is 3. The Kier molecular flexibility index (Phi) is 7.46. The van der Waals surface area contributed by atoms with Gasteiger partial charge in [0.05, 0.1) is 17.0 Å². The molecule has 1 heterocycles. The maximum Gasteiger partial charge on any atom is 0.242 e. The van der Waals surface area contributed by atoms with Gasteiger partial charge >= 0.3 is 0 Å². The number of fused-ring (bicyclic) bond motifs is 1. The maximum absolute atomic E-state index is 13.7. The number of para-hydroxylation sites is 2. The van der Waals surface area contributed by atoms with Crippen LogP contribution in [0.2, 0.25) is 0 Å². The lowest BCUT2D eigenvalue weighted by molar-refractivity contribution is -0.132. The van der Waals surface area contributed by atoms with Crippen LogP contribution in [0.5, 0.6) is 0 Å². The van der Waals surface area contributed by atoms with Gasteiger partial charge in [-0.05, 0) is 35.1 Å². The predicted molar refractivity (Wildman–Crippen MR) is 140 cm³/mol. The van der Waals surface area contributed by atoms with E-state index in [0.717, 1.165) is 29.9 Å². The fraction of sp³-hybridized carbons (Fsp3) is 0.333. The molecule has 34 heavy (non-hydrogen) atoms. The smallest absolute Gasteiger partial charge is 0.242 e. The van der Waals surface area contributed by atoms with Crippen LogP contribution >= 0.6 is 0 Å². The highest BCUT2D eigenvalue weighted by Gasteiger charge is 2.26. The molecule has 0 aliphatic rings. The van der Waals surface area contributed by atoms with Crippen LogP contribution in [-0.4, -0.2) is 33.4 Å². The van der Waals surface area contributed by atoms with E-state index in [1.165, 1.54) is 11.1 Å². The first-order chi connectivity index (χ1) is 16.4. The summed E-state index contributed by atoms with van der Waals surface area (Å²) in [6.45, 7) is 10.5. The summed E-state index contributed by atoms with van der Waals surface area (Å²) in [5, 5.41) is 0. The molecule has 0 saturated carbocycles. The number of carbonyl (C=O) groups is 1.